The maximum Gasteiger partial charge on any atom is 0.273 e. The number of hydrogen-bond acceptors (Lipinski definition) is 9. The van der Waals surface area contributed by atoms with Crippen LogP contribution in [0.5, 0.6) is 0 Å². The van der Waals surface area contributed by atoms with E-state index >= 15 is 0 Å². The van der Waals surface area contributed by atoms with Crippen molar-refractivity contribution in [3.05, 3.63) is 83.0 Å². The van der Waals surface area contributed by atoms with Crippen molar-refractivity contribution in [3.8, 4) is 0 Å². The molecule has 0 spiro atoms. The van der Waals surface area contributed by atoms with Gasteiger partial charge in [-0.3, -0.25) is 19.2 Å². The molecule has 236 valence electrons. The van der Waals surface area contributed by atoms with Crippen LogP contribution in [0.2, 0.25) is 0 Å². The Morgan fingerprint density at radius 1 is 1.04 bits per heavy atom. The quantitative estimate of drug-likeness (QED) is 0.207. The number of benzene rings is 2. The van der Waals surface area contributed by atoms with Gasteiger partial charge >= 0.3 is 0 Å². The lowest BCUT2D eigenvalue weighted by Gasteiger charge is -2.23. The van der Waals surface area contributed by atoms with Crippen molar-refractivity contribution in [3.63, 3.8) is 0 Å². The van der Waals surface area contributed by atoms with Crippen LogP contribution >= 0.6 is 11.3 Å². The fraction of sp³-hybridized carbons (Fsp3) is 0.375. The van der Waals surface area contributed by atoms with Gasteiger partial charge in [0.1, 0.15) is 24.4 Å². The Morgan fingerprint density at radius 3 is 2.60 bits per heavy atom. The zero-order valence-corrected chi connectivity index (χ0v) is 25.6. The van der Waals surface area contributed by atoms with Crippen LogP contribution in [0.1, 0.15) is 65.6 Å². The van der Waals surface area contributed by atoms with Crippen LogP contribution < -0.4 is 21.3 Å². The lowest BCUT2D eigenvalue weighted by atomic mass is 10.0. The summed E-state index contributed by atoms with van der Waals surface area (Å²) in [7, 11) is 0. The number of aliphatic hydroxyl groups excluding tert-OH is 1. The number of carbonyl (C=O) groups is 4. The van der Waals surface area contributed by atoms with Crippen molar-refractivity contribution in [2.45, 2.75) is 69.7 Å². The topological polar surface area (TPSA) is 176 Å². The number of amides is 4. The van der Waals surface area contributed by atoms with Gasteiger partial charge in [-0.25, -0.2) is 9.97 Å². The minimum atomic E-state index is -1.20. The number of nitrogens with one attached hydrogen (secondary N) is 4. The molecule has 2 aromatic heterocycles. The van der Waals surface area contributed by atoms with Gasteiger partial charge in [-0.15, -0.1) is 11.3 Å². The third-order valence-corrected chi connectivity index (χ3v) is 8.57. The van der Waals surface area contributed by atoms with E-state index in [1.807, 2.05) is 54.6 Å². The minimum absolute atomic E-state index is 0.0865. The summed E-state index contributed by atoms with van der Waals surface area (Å²) in [5.41, 5.74) is 1.67. The van der Waals surface area contributed by atoms with E-state index in [2.05, 4.69) is 31.2 Å². The summed E-state index contributed by atoms with van der Waals surface area (Å²) in [6.45, 7) is 1.66. The highest BCUT2D eigenvalue weighted by Crippen LogP contribution is 2.23. The molecule has 4 amide bonds. The molecule has 0 saturated heterocycles. The smallest absolute Gasteiger partial charge is 0.273 e. The standard InChI is InChI=1S/C32H36N6O6S/c1-19(39)28-31(43)33-16-8-7-12-22(34-26(40)14-15-27-35-21-11-5-6-13-25(21)45-27)29(41)36-23(17-20-9-3-2-4-10-20)32-37-24(18-44-32)30(42)38-28/h2-6,9-11,13,18-19,22-23,28,39H,7-8,12,14-17H2,1H3,(H,33,43)(H,34,40)(H,36,41)(H,38,42)/t19-,22+,23+,28+/m1/s1. The van der Waals surface area contributed by atoms with Gasteiger partial charge in [0.15, 0.2) is 5.69 Å². The highest BCUT2D eigenvalue weighted by molar-refractivity contribution is 7.18. The van der Waals surface area contributed by atoms with Crippen LogP contribution in [0.3, 0.4) is 0 Å². The molecule has 4 aromatic rings. The molecule has 45 heavy (non-hydrogen) atoms. The molecule has 5 rings (SSSR count). The molecule has 0 unspecified atom stereocenters. The summed E-state index contributed by atoms with van der Waals surface area (Å²) in [6.07, 6.45) is 2.23. The lowest BCUT2D eigenvalue weighted by Crippen LogP contribution is -2.52. The van der Waals surface area contributed by atoms with Crippen LogP contribution in [0.4, 0.5) is 0 Å². The Balaban J connectivity index is 1.35. The predicted octanol–water partition coefficient (Wildman–Crippen LogP) is 2.58. The number of carbonyl (C=O) groups excluding carboxylic acids is 4. The van der Waals surface area contributed by atoms with Crippen molar-refractivity contribution in [1.82, 2.24) is 31.2 Å². The number of aryl methyl sites for hydroxylation is 1. The maximum absolute atomic E-state index is 13.7. The molecule has 5 N–H and O–H groups in total. The van der Waals surface area contributed by atoms with Gasteiger partial charge in [-0.1, -0.05) is 42.5 Å². The molecule has 3 heterocycles. The molecule has 12 nitrogen and oxygen atoms in total. The molecule has 1 aliphatic heterocycles. The zero-order chi connectivity index (χ0) is 31.8. The molecular formula is C32H36N6O6S. The van der Waals surface area contributed by atoms with Crippen LogP contribution in [-0.4, -0.2) is 63.4 Å². The van der Waals surface area contributed by atoms with E-state index in [1.54, 1.807) is 0 Å². The highest BCUT2D eigenvalue weighted by Gasteiger charge is 2.30. The van der Waals surface area contributed by atoms with Crippen molar-refractivity contribution in [1.29, 1.82) is 0 Å². The molecule has 0 aliphatic carbocycles. The Hall–Kier alpha value is -4.62. The van der Waals surface area contributed by atoms with Crippen molar-refractivity contribution >= 4 is 45.2 Å². The Morgan fingerprint density at radius 2 is 1.82 bits per heavy atom. The van der Waals surface area contributed by atoms with Crippen LogP contribution in [0, 0.1) is 0 Å². The summed E-state index contributed by atoms with van der Waals surface area (Å²) in [6, 6.07) is 14.4. The number of hydrogen-bond donors (Lipinski definition) is 5. The number of aromatic nitrogens is 2. The molecular weight excluding hydrogens is 596 g/mol. The Bertz CT molecular complexity index is 1600. The molecule has 0 radical (unpaired) electrons. The maximum atomic E-state index is 13.7. The zero-order valence-electron chi connectivity index (χ0n) is 24.8. The third kappa shape index (κ3) is 8.52. The Labute approximate surface area is 264 Å². The number of oxazole rings is 1. The van der Waals surface area contributed by atoms with Crippen LogP contribution in [-0.2, 0) is 27.2 Å². The highest BCUT2D eigenvalue weighted by atomic mass is 32.1. The average Bonchev–Trinajstić information content (AvgIpc) is 3.69. The van der Waals surface area contributed by atoms with Gasteiger partial charge in [0.25, 0.3) is 5.91 Å². The summed E-state index contributed by atoms with van der Waals surface area (Å²) >= 11 is 1.54. The number of thiazole rings is 1. The van der Waals surface area contributed by atoms with Gasteiger partial charge in [0.2, 0.25) is 23.6 Å². The van der Waals surface area contributed by atoms with Crippen molar-refractivity contribution in [2.24, 2.45) is 0 Å². The largest absolute Gasteiger partial charge is 0.446 e. The van der Waals surface area contributed by atoms with Gasteiger partial charge in [-0.2, -0.15) is 0 Å². The van der Waals surface area contributed by atoms with E-state index in [0.29, 0.717) is 32.1 Å². The van der Waals surface area contributed by atoms with Crippen LogP contribution in [0.15, 0.2) is 65.3 Å². The first-order valence-corrected chi connectivity index (χ1v) is 15.8. The van der Waals surface area contributed by atoms with Gasteiger partial charge in [0.05, 0.1) is 21.3 Å². The summed E-state index contributed by atoms with van der Waals surface area (Å²) in [5.74, 6) is -1.87. The van der Waals surface area contributed by atoms with Crippen LogP contribution in [0.25, 0.3) is 10.2 Å². The van der Waals surface area contributed by atoms with Crippen molar-refractivity contribution < 1.29 is 28.7 Å². The second kappa shape index (κ2) is 14.9. The monoisotopic (exact) mass is 632 g/mol. The molecule has 4 atom stereocenters. The molecule has 0 saturated carbocycles. The van der Waals surface area contributed by atoms with Gasteiger partial charge in [0, 0.05) is 25.8 Å². The van der Waals surface area contributed by atoms with E-state index in [4.69, 9.17) is 4.42 Å². The van der Waals surface area contributed by atoms with Gasteiger partial charge < -0.3 is 30.8 Å². The lowest BCUT2D eigenvalue weighted by molar-refractivity contribution is -0.129. The number of nitrogens with zero attached hydrogens (tertiary/aromatic N) is 2. The Kier molecular flexibility index (Phi) is 10.5. The SMILES string of the molecule is C[C@@H](O)[C@@H]1NC(=O)c2coc(n2)[C@H](Cc2ccccc2)NC(=O)[C@@H](NC(=O)CCc2nc3ccccc3s2)CCCCNC1=O. The fourth-order valence-electron chi connectivity index (χ4n) is 5.07. The average molecular weight is 633 g/mol. The van der Waals surface area contributed by atoms with E-state index in [-0.39, 0.29) is 30.5 Å². The molecule has 1 aliphatic rings. The second-order valence-corrected chi connectivity index (χ2v) is 12.1. The van der Waals surface area contributed by atoms with E-state index < -0.39 is 42.0 Å². The number of rotatable bonds is 7. The normalized spacial score (nSPS) is 20.6. The molecule has 13 heteroatoms. The summed E-state index contributed by atoms with van der Waals surface area (Å²) < 4.78 is 6.70. The number of para-hydroxylation sites is 1. The number of aliphatic hydroxyl groups is 1. The minimum Gasteiger partial charge on any atom is -0.446 e. The molecule has 0 fully saturated rings. The second-order valence-electron chi connectivity index (χ2n) is 11.0. The predicted molar refractivity (Wildman–Crippen MR) is 167 cm³/mol. The summed E-state index contributed by atoms with van der Waals surface area (Å²) in [4.78, 5) is 61.4. The first-order chi connectivity index (χ1) is 21.8. The van der Waals surface area contributed by atoms with E-state index in [1.165, 1.54) is 18.3 Å². The summed E-state index contributed by atoms with van der Waals surface area (Å²) in [5, 5.41) is 22.1. The molecule has 2 bridgehead atoms. The van der Waals surface area contributed by atoms with Gasteiger partial charge in [-0.05, 0) is 43.9 Å². The number of fused-ring (bicyclic) bond motifs is 3. The first kappa shape index (κ1) is 31.8. The van der Waals surface area contributed by atoms with E-state index in [0.717, 1.165) is 27.1 Å². The third-order valence-electron chi connectivity index (χ3n) is 7.48. The van der Waals surface area contributed by atoms with E-state index in [9.17, 15) is 24.3 Å². The van der Waals surface area contributed by atoms with Crippen molar-refractivity contribution in [2.75, 3.05) is 6.54 Å². The molecule has 2 aromatic carbocycles. The first-order valence-electron chi connectivity index (χ1n) is 15.0. The fourth-order valence-corrected chi connectivity index (χ4v) is 6.04.